The molecule has 0 radical (unpaired) electrons. The molecule has 0 amide bonds. The largest absolute Gasteiger partial charge is 0.497 e. The Hall–Kier alpha value is -2.39. The van der Waals surface area contributed by atoms with Crippen LogP contribution in [-0.2, 0) is 10.0 Å². The topological polar surface area (TPSA) is 78.0 Å². The molecule has 1 fully saturated rings. The molecule has 0 aliphatic carbocycles. The lowest BCUT2D eigenvalue weighted by molar-refractivity contribution is 0.128. The van der Waals surface area contributed by atoms with Crippen molar-refractivity contribution in [2.45, 2.75) is 23.8 Å². The Labute approximate surface area is 157 Å². The average molecular weight is 396 g/mol. The van der Waals surface area contributed by atoms with Crippen LogP contribution in [0.4, 0.5) is 4.39 Å². The molecule has 0 N–H and O–H groups in total. The van der Waals surface area contributed by atoms with E-state index in [2.05, 4.69) is 4.98 Å². The molecule has 1 aliphatic rings. The SMILES string of the molecule is COc1ccc(OC)c(S(=O)(=O)N2CCC(Oc3cccc(F)n3)CC2)c1. The van der Waals surface area contributed by atoms with Gasteiger partial charge in [-0.05, 0) is 31.0 Å². The highest BCUT2D eigenvalue weighted by atomic mass is 32.2. The van der Waals surface area contributed by atoms with Crippen LogP contribution in [0, 0.1) is 5.95 Å². The number of aromatic nitrogens is 1. The molecule has 27 heavy (non-hydrogen) atoms. The van der Waals surface area contributed by atoms with Gasteiger partial charge in [0, 0.05) is 25.2 Å². The molecule has 0 spiro atoms. The number of halogens is 1. The van der Waals surface area contributed by atoms with E-state index in [1.807, 2.05) is 0 Å². The highest BCUT2D eigenvalue weighted by Crippen LogP contribution is 2.32. The van der Waals surface area contributed by atoms with Gasteiger partial charge in [-0.15, -0.1) is 0 Å². The van der Waals surface area contributed by atoms with E-state index < -0.39 is 16.0 Å². The Kier molecular flexibility index (Phi) is 5.81. The number of sulfonamides is 1. The highest BCUT2D eigenvalue weighted by molar-refractivity contribution is 7.89. The van der Waals surface area contributed by atoms with E-state index in [0.717, 1.165) is 0 Å². The van der Waals surface area contributed by atoms with Gasteiger partial charge in [-0.3, -0.25) is 0 Å². The third-order valence-corrected chi connectivity index (χ3v) is 6.29. The van der Waals surface area contributed by atoms with Gasteiger partial charge in [0.25, 0.3) is 0 Å². The zero-order valence-corrected chi connectivity index (χ0v) is 15.9. The van der Waals surface area contributed by atoms with Gasteiger partial charge in [0.1, 0.15) is 22.5 Å². The summed E-state index contributed by atoms with van der Waals surface area (Å²) in [5.41, 5.74) is 0. The van der Waals surface area contributed by atoms with E-state index in [4.69, 9.17) is 14.2 Å². The van der Waals surface area contributed by atoms with Crippen LogP contribution in [0.1, 0.15) is 12.8 Å². The van der Waals surface area contributed by atoms with Crippen molar-refractivity contribution in [1.82, 2.24) is 9.29 Å². The number of pyridine rings is 1. The molecule has 7 nitrogen and oxygen atoms in total. The molecule has 1 saturated heterocycles. The molecule has 3 rings (SSSR count). The van der Waals surface area contributed by atoms with Gasteiger partial charge in [-0.1, -0.05) is 6.07 Å². The summed E-state index contributed by atoms with van der Waals surface area (Å²) in [6, 6.07) is 9.00. The minimum absolute atomic E-state index is 0.0653. The molecular formula is C18H21FN2O5S. The minimum Gasteiger partial charge on any atom is -0.497 e. The standard InChI is InChI=1S/C18H21FN2O5S/c1-24-14-6-7-15(25-2)16(12-14)27(22,23)21-10-8-13(9-11-21)26-18-5-3-4-17(19)20-18/h3-7,12-13H,8-11H2,1-2H3. The predicted molar refractivity (Wildman–Crippen MR) is 96.1 cm³/mol. The third kappa shape index (κ3) is 4.30. The van der Waals surface area contributed by atoms with Crippen molar-refractivity contribution in [3.63, 3.8) is 0 Å². The summed E-state index contributed by atoms with van der Waals surface area (Å²) >= 11 is 0. The van der Waals surface area contributed by atoms with Crippen molar-refractivity contribution in [3.05, 3.63) is 42.3 Å². The first kappa shape index (κ1) is 19.4. The predicted octanol–water partition coefficient (Wildman–Crippen LogP) is 2.47. The Morgan fingerprint density at radius 2 is 1.85 bits per heavy atom. The monoisotopic (exact) mass is 396 g/mol. The number of rotatable bonds is 6. The number of ether oxygens (including phenoxy) is 3. The molecule has 0 bridgehead atoms. The fourth-order valence-corrected chi connectivity index (χ4v) is 4.58. The molecule has 0 unspecified atom stereocenters. The van der Waals surface area contributed by atoms with Crippen LogP contribution in [0.2, 0.25) is 0 Å². The van der Waals surface area contributed by atoms with Crippen LogP contribution in [0.5, 0.6) is 17.4 Å². The molecule has 2 aromatic rings. The number of methoxy groups -OCH3 is 2. The fraction of sp³-hybridized carbons (Fsp3) is 0.389. The summed E-state index contributed by atoms with van der Waals surface area (Å²) in [4.78, 5) is 3.74. The van der Waals surface area contributed by atoms with E-state index in [-0.39, 0.29) is 35.7 Å². The molecule has 0 saturated carbocycles. The van der Waals surface area contributed by atoms with Crippen molar-refractivity contribution in [2.24, 2.45) is 0 Å². The second-order valence-corrected chi connectivity index (χ2v) is 7.94. The van der Waals surface area contributed by atoms with Crippen molar-refractivity contribution >= 4 is 10.0 Å². The van der Waals surface area contributed by atoms with E-state index in [9.17, 15) is 12.8 Å². The smallest absolute Gasteiger partial charge is 0.246 e. The summed E-state index contributed by atoms with van der Waals surface area (Å²) in [6.07, 6.45) is 0.728. The average Bonchev–Trinajstić information content (AvgIpc) is 2.68. The quantitative estimate of drug-likeness (QED) is 0.698. The Balaban J connectivity index is 1.71. The summed E-state index contributed by atoms with van der Waals surface area (Å²) in [6.45, 7) is 0.561. The van der Waals surface area contributed by atoms with Crippen LogP contribution in [0.25, 0.3) is 0 Å². The second kappa shape index (κ2) is 8.10. The summed E-state index contributed by atoms with van der Waals surface area (Å²) in [5.74, 6) is 0.284. The highest BCUT2D eigenvalue weighted by Gasteiger charge is 2.32. The van der Waals surface area contributed by atoms with E-state index in [1.165, 1.54) is 36.7 Å². The zero-order valence-electron chi connectivity index (χ0n) is 15.1. The van der Waals surface area contributed by atoms with Crippen LogP contribution < -0.4 is 14.2 Å². The van der Waals surface area contributed by atoms with Gasteiger partial charge in [0.15, 0.2) is 0 Å². The van der Waals surface area contributed by atoms with Gasteiger partial charge in [-0.25, -0.2) is 8.42 Å². The number of nitrogens with zero attached hydrogens (tertiary/aromatic N) is 2. The molecule has 9 heteroatoms. The maximum Gasteiger partial charge on any atom is 0.246 e. The maximum absolute atomic E-state index is 13.2. The lowest BCUT2D eigenvalue weighted by atomic mass is 10.1. The second-order valence-electron chi connectivity index (χ2n) is 6.04. The molecule has 1 aliphatic heterocycles. The molecule has 0 atom stereocenters. The van der Waals surface area contributed by atoms with Gasteiger partial charge in [0.05, 0.1) is 14.2 Å². The maximum atomic E-state index is 13.2. The number of hydrogen-bond donors (Lipinski definition) is 0. The number of hydrogen-bond acceptors (Lipinski definition) is 6. The number of benzene rings is 1. The number of piperidine rings is 1. The van der Waals surface area contributed by atoms with Gasteiger partial charge in [0.2, 0.25) is 21.9 Å². The van der Waals surface area contributed by atoms with Gasteiger partial charge >= 0.3 is 0 Å². The van der Waals surface area contributed by atoms with E-state index >= 15 is 0 Å². The van der Waals surface area contributed by atoms with Crippen molar-refractivity contribution in [2.75, 3.05) is 27.3 Å². The van der Waals surface area contributed by atoms with Crippen LogP contribution in [0.15, 0.2) is 41.3 Å². The molecule has 1 aromatic heterocycles. The molecular weight excluding hydrogens is 375 g/mol. The normalized spacial score (nSPS) is 16.1. The van der Waals surface area contributed by atoms with Gasteiger partial charge in [-0.2, -0.15) is 13.7 Å². The van der Waals surface area contributed by atoms with Gasteiger partial charge < -0.3 is 14.2 Å². The lowest BCUT2D eigenvalue weighted by Crippen LogP contribution is -2.41. The van der Waals surface area contributed by atoms with Crippen LogP contribution in [-0.4, -0.2) is 51.1 Å². The first-order valence-electron chi connectivity index (χ1n) is 8.45. The van der Waals surface area contributed by atoms with E-state index in [0.29, 0.717) is 18.6 Å². The Bertz CT molecular complexity index is 898. The van der Waals surface area contributed by atoms with Crippen molar-refractivity contribution in [1.29, 1.82) is 0 Å². The Morgan fingerprint density at radius 1 is 1.11 bits per heavy atom. The molecule has 146 valence electrons. The summed E-state index contributed by atoms with van der Waals surface area (Å²) in [7, 11) is -0.846. The molecule has 2 heterocycles. The Morgan fingerprint density at radius 3 is 2.48 bits per heavy atom. The fourth-order valence-electron chi connectivity index (χ4n) is 2.94. The van der Waals surface area contributed by atoms with Crippen molar-refractivity contribution < 1.29 is 27.0 Å². The van der Waals surface area contributed by atoms with Crippen LogP contribution >= 0.6 is 0 Å². The first-order valence-corrected chi connectivity index (χ1v) is 9.89. The van der Waals surface area contributed by atoms with Crippen LogP contribution in [0.3, 0.4) is 0 Å². The summed E-state index contributed by atoms with van der Waals surface area (Å²) < 4.78 is 56.6. The summed E-state index contributed by atoms with van der Waals surface area (Å²) in [5, 5.41) is 0. The van der Waals surface area contributed by atoms with E-state index in [1.54, 1.807) is 18.2 Å². The first-order chi connectivity index (χ1) is 12.9. The molecule has 1 aromatic carbocycles. The lowest BCUT2D eigenvalue weighted by Gasteiger charge is -2.31. The zero-order chi connectivity index (χ0) is 19.4. The third-order valence-electron chi connectivity index (χ3n) is 4.37. The minimum atomic E-state index is -3.74. The van der Waals surface area contributed by atoms with Crippen molar-refractivity contribution in [3.8, 4) is 17.4 Å².